The Hall–Kier alpha value is -0.823. The van der Waals surface area contributed by atoms with E-state index in [-0.39, 0.29) is 0 Å². The predicted molar refractivity (Wildman–Crippen MR) is 66.2 cm³/mol. The molecule has 74 valence electrons. The van der Waals surface area contributed by atoms with Crippen molar-refractivity contribution in [3.8, 4) is 0 Å². The van der Waals surface area contributed by atoms with E-state index in [1.165, 1.54) is 11.1 Å². The van der Waals surface area contributed by atoms with E-state index < -0.39 is 8.07 Å². The summed E-state index contributed by atoms with van der Waals surface area (Å²) in [5.74, 6) is 0. The molecule has 0 amide bonds. The summed E-state index contributed by atoms with van der Waals surface area (Å²) >= 11 is 0. The van der Waals surface area contributed by atoms with Gasteiger partial charge >= 0.3 is 0 Å². The largest absolute Gasteiger partial charge is 0.0762 e. The van der Waals surface area contributed by atoms with Crippen LogP contribution >= 0.6 is 0 Å². The molecule has 1 unspecified atom stereocenters. The molecular weight excluding hydrogens is 184 g/mol. The number of hydrogen-bond acceptors (Lipinski definition) is 0. The van der Waals surface area contributed by atoms with Gasteiger partial charge < -0.3 is 0 Å². The van der Waals surface area contributed by atoms with E-state index in [1.807, 2.05) is 0 Å². The molecule has 0 radical (unpaired) electrons. The molecule has 0 saturated heterocycles. The Morgan fingerprint density at radius 1 is 1.07 bits per heavy atom. The van der Waals surface area contributed by atoms with Crippen molar-refractivity contribution in [3.63, 3.8) is 0 Å². The van der Waals surface area contributed by atoms with Gasteiger partial charge in [0.2, 0.25) is 0 Å². The third kappa shape index (κ3) is 1.46. The van der Waals surface area contributed by atoms with Crippen molar-refractivity contribution in [2.45, 2.75) is 32.1 Å². The average Bonchev–Trinajstić information content (AvgIpc) is 2.44. The Kier molecular flexibility index (Phi) is 2.15. The van der Waals surface area contributed by atoms with Crippen molar-refractivity contribution >= 4 is 13.6 Å². The number of fused-ring (bicyclic) bond motifs is 1. The Morgan fingerprint density at radius 2 is 1.71 bits per heavy atom. The van der Waals surface area contributed by atoms with Crippen LogP contribution in [0.1, 0.15) is 23.6 Å². The summed E-state index contributed by atoms with van der Waals surface area (Å²) in [6.45, 7) is 9.58. The summed E-state index contributed by atoms with van der Waals surface area (Å²) in [6.07, 6.45) is 2.47. The SMILES string of the molecule is CC1=CC([Si](C)(C)C)c2ccccc21. The minimum absolute atomic E-state index is 0.721. The maximum atomic E-state index is 2.47. The van der Waals surface area contributed by atoms with Crippen molar-refractivity contribution < 1.29 is 0 Å². The highest BCUT2D eigenvalue weighted by atomic mass is 28.3. The molecule has 0 saturated carbocycles. The summed E-state index contributed by atoms with van der Waals surface area (Å²) in [5, 5.41) is 0. The van der Waals surface area contributed by atoms with Gasteiger partial charge in [-0.25, -0.2) is 0 Å². The van der Waals surface area contributed by atoms with E-state index in [4.69, 9.17) is 0 Å². The highest BCUT2D eigenvalue weighted by Gasteiger charge is 2.31. The third-order valence-corrected chi connectivity index (χ3v) is 5.41. The fraction of sp³-hybridized carbons (Fsp3) is 0.385. The van der Waals surface area contributed by atoms with Gasteiger partial charge in [0.25, 0.3) is 0 Å². The molecule has 1 heteroatoms. The van der Waals surface area contributed by atoms with E-state index >= 15 is 0 Å². The second kappa shape index (κ2) is 3.09. The number of hydrogen-bond donors (Lipinski definition) is 0. The first kappa shape index (κ1) is 9.72. The quantitative estimate of drug-likeness (QED) is 0.602. The topological polar surface area (TPSA) is 0 Å². The molecular formula is C13H18Si. The van der Waals surface area contributed by atoms with Gasteiger partial charge in [-0.15, -0.1) is 0 Å². The molecule has 0 aromatic heterocycles. The maximum absolute atomic E-state index is 2.47. The molecule has 0 bridgehead atoms. The molecule has 1 aliphatic rings. The van der Waals surface area contributed by atoms with Crippen LogP contribution in [0.15, 0.2) is 30.3 Å². The molecule has 0 heterocycles. The monoisotopic (exact) mass is 202 g/mol. The van der Waals surface area contributed by atoms with Gasteiger partial charge in [-0.05, 0) is 29.2 Å². The summed E-state index contributed by atoms with van der Waals surface area (Å²) in [4.78, 5) is 0. The van der Waals surface area contributed by atoms with E-state index in [1.54, 1.807) is 5.56 Å². The number of allylic oxidation sites excluding steroid dienone is 2. The van der Waals surface area contributed by atoms with Gasteiger partial charge in [0, 0.05) is 0 Å². The Bertz CT molecular complexity index is 382. The first-order valence-electron chi connectivity index (χ1n) is 5.28. The van der Waals surface area contributed by atoms with Gasteiger partial charge in [0.05, 0.1) is 8.07 Å². The molecule has 14 heavy (non-hydrogen) atoms. The second-order valence-corrected chi connectivity index (χ2v) is 10.6. The van der Waals surface area contributed by atoms with Crippen LogP contribution in [0.2, 0.25) is 19.6 Å². The lowest BCUT2D eigenvalue weighted by atomic mass is 10.1. The Morgan fingerprint density at radius 3 is 2.36 bits per heavy atom. The molecule has 1 aromatic carbocycles. The number of rotatable bonds is 1. The molecule has 0 aliphatic heterocycles. The average molecular weight is 202 g/mol. The van der Waals surface area contributed by atoms with Crippen molar-refractivity contribution in [2.24, 2.45) is 0 Å². The van der Waals surface area contributed by atoms with Gasteiger partial charge in [-0.1, -0.05) is 50.0 Å². The second-order valence-electron chi connectivity index (χ2n) is 5.28. The maximum Gasteiger partial charge on any atom is 0.0566 e. The van der Waals surface area contributed by atoms with Crippen LogP contribution < -0.4 is 0 Å². The van der Waals surface area contributed by atoms with E-state index in [9.17, 15) is 0 Å². The Balaban J connectivity index is 2.52. The van der Waals surface area contributed by atoms with Crippen LogP contribution in [0.4, 0.5) is 0 Å². The fourth-order valence-electron chi connectivity index (χ4n) is 2.27. The zero-order valence-electron chi connectivity index (χ0n) is 9.46. The van der Waals surface area contributed by atoms with Crippen LogP contribution in [0.25, 0.3) is 5.57 Å². The van der Waals surface area contributed by atoms with Crippen LogP contribution in [0, 0.1) is 0 Å². The van der Waals surface area contributed by atoms with Gasteiger partial charge in [-0.3, -0.25) is 0 Å². The van der Waals surface area contributed by atoms with Gasteiger partial charge in [0.15, 0.2) is 0 Å². The molecule has 2 rings (SSSR count). The summed E-state index contributed by atoms with van der Waals surface area (Å²) in [5.41, 5.74) is 5.22. The number of benzene rings is 1. The highest BCUT2D eigenvalue weighted by Crippen LogP contribution is 2.40. The van der Waals surface area contributed by atoms with Crippen LogP contribution in [0.3, 0.4) is 0 Å². The molecule has 1 atom stereocenters. The lowest BCUT2D eigenvalue weighted by molar-refractivity contribution is 1.16. The minimum Gasteiger partial charge on any atom is -0.0762 e. The highest BCUT2D eigenvalue weighted by molar-refractivity contribution is 6.78. The lowest BCUT2D eigenvalue weighted by Gasteiger charge is -2.24. The first-order valence-corrected chi connectivity index (χ1v) is 8.85. The first-order chi connectivity index (χ1) is 6.50. The van der Waals surface area contributed by atoms with Gasteiger partial charge in [0.1, 0.15) is 0 Å². The van der Waals surface area contributed by atoms with Crippen molar-refractivity contribution in [2.75, 3.05) is 0 Å². The molecule has 0 nitrogen and oxygen atoms in total. The summed E-state index contributed by atoms with van der Waals surface area (Å²) < 4.78 is 0. The molecule has 0 spiro atoms. The van der Waals surface area contributed by atoms with Crippen LogP contribution in [-0.2, 0) is 0 Å². The van der Waals surface area contributed by atoms with E-state index in [0.717, 1.165) is 5.54 Å². The van der Waals surface area contributed by atoms with E-state index in [0.29, 0.717) is 0 Å². The van der Waals surface area contributed by atoms with E-state index in [2.05, 4.69) is 56.9 Å². The Labute approximate surface area is 87.7 Å². The van der Waals surface area contributed by atoms with Crippen molar-refractivity contribution in [1.82, 2.24) is 0 Å². The summed E-state index contributed by atoms with van der Waals surface area (Å²) in [6, 6.07) is 8.85. The third-order valence-electron chi connectivity index (χ3n) is 3.07. The zero-order chi connectivity index (χ0) is 10.3. The molecule has 1 aliphatic carbocycles. The molecule has 0 fully saturated rings. The smallest absolute Gasteiger partial charge is 0.0566 e. The fourth-order valence-corrected chi connectivity index (χ4v) is 4.21. The van der Waals surface area contributed by atoms with Crippen LogP contribution in [0.5, 0.6) is 0 Å². The van der Waals surface area contributed by atoms with Crippen LogP contribution in [-0.4, -0.2) is 8.07 Å². The normalized spacial score (nSPS) is 20.6. The summed E-state index contributed by atoms with van der Waals surface area (Å²) in [7, 11) is -1.09. The zero-order valence-corrected chi connectivity index (χ0v) is 10.5. The van der Waals surface area contributed by atoms with Crippen molar-refractivity contribution in [3.05, 3.63) is 41.5 Å². The standard InChI is InChI=1S/C13H18Si/c1-10-9-13(14(2,3)4)12-8-6-5-7-11(10)12/h5-9,13H,1-4H3. The predicted octanol–water partition coefficient (Wildman–Crippen LogP) is 4.06. The minimum atomic E-state index is -1.09. The molecule has 0 N–H and O–H groups in total. The lowest BCUT2D eigenvalue weighted by Crippen LogP contribution is -2.28. The van der Waals surface area contributed by atoms with Gasteiger partial charge in [-0.2, -0.15) is 0 Å². The van der Waals surface area contributed by atoms with Crippen molar-refractivity contribution in [1.29, 1.82) is 0 Å². The molecule has 1 aromatic rings.